The van der Waals surface area contributed by atoms with Crippen molar-refractivity contribution in [2.75, 3.05) is 0 Å². The first-order valence-electron chi connectivity index (χ1n) is 13.0. The van der Waals surface area contributed by atoms with Crippen LogP contribution >= 0.6 is 0 Å². The molecule has 38 heavy (non-hydrogen) atoms. The first-order valence-corrected chi connectivity index (χ1v) is 13.0. The highest BCUT2D eigenvalue weighted by Crippen LogP contribution is 2.36. The van der Waals surface area contributed by atoms with Crippen molar-refractivity contribution >= 4 is 22.3 Å². The molecule has 4 nitrogen and oxygen atoms in total. The van der Waals surface area contributed by atoms with E-state index in [0.717, 1.165) is 39.3 Å². The summed E-state index contributed by atoms with van der Waals surface area (Å²) in [5.41, 5.74) is 13.9. The Morgan fingerprint density at radius 2 is 1.39 bits per heavy atom. The van der Waals surface area contributed by atoms with Crippen LogP contribution < -0.4 is 16.4 Å². The average Bonchev–Trinajstić information content (AvgIpc) is 3.01. The molecule has 1 aliphatic rings. The third-order valence-electron chi connectivity index (χ3n) is 7.11. The van der Waals surface area contributed by atoms with E-state index in [9.17, 15) is 0 Å². The molecular formula is C34H30N4. The highest BCUT2D eigenvalue weighted by molar-refractivity contribution is 6.02. The minimum Gasteiger partial charge on any atom is -0.398 e. The predicted molar refractivity (Wildman–Crippen MR) is 158 cm³/mol. The zero-order valence-electron chi connectivity index (χ0n) is 21.3. The quantitative estimate of drug-likeness (QED) is 0.243. The number of nitrogens with one attached hydrogen (secondary N) is 2. The van der Waals surface area contributed by atoms with Crippen molar-refractivity contribution in [1.82, 2.24) is 10.6 Å². The smallest absolute Gasteiger partial charge is 0.131 e. The van der Waals surface area contributed by atoms with Gasteiger partial charge in [0.2, 0.25) is 0 Å². The minimum atomic E-state index is -0.196. The van der Waals surface area contributed by atoms with Crippen LogP contribution in [0.15, 0.2) is 132 Å². The number of aliphatic imine (C=N–C) groups is 1. The number of nitrogens with two attached hydrogens (primary N) is 1. The maximum atomic E-state index is 6.44. The van der Waals surface area contributed by atoms with Gasteiger partial charge >= 0.3 is 0 Å². The number of benzene rings is 5. The fourth-order valence-corrected chi connectivity index (χ4v) is 5.10. The molecule has 0 radical (unpaired) electrons. The molecule has 5 aromatic carbocycles. The Balaban J connectivity index is 1.41. The van der Waals surface area contributed by atoms with Crippen LogP contribution in [0.25, 0.3) is 27.6 Å². The van der Waals surface area contributed by atoms with Gasteiger partial charge in [0.1, 0.15) is 18.2 Å². The third kappa shape index (κ3) is 4.58. The lowest BCUT2D eigenvalue weighted by molar-refractivity contribution is 0.409. The topological polar surface area (TPSA) is 62.4 Å². The average molecular weight is 495 g/mol. The third-order valence-corrected chi connectivity index (χ3v) is 7.11. The molecule has 0 saturated heterocycles. The molecule has 2 unspecified atom stereocenters. The van der Waals surface area contributed by atoms with Crippen molar-refractivity contribution in [3.63, 3.8) is 0 Å². The van der Waals surface area contributed by atoms with Crippen molar-refractivity contribution in [2.45, 2.75) is 19.3 Å². The van der Waals surface area contributed by atoms with Crippen LogP contribution in [0.4, 0.5) is 0 Å². The van der Waals surface area contributed by atoms with E-state index in [0.29, 0.717) is 0 Å². The standard InChI is InChI=1S/C34H30N4/c1-2-30(35)29-22-21-23-11-9-10-16-28(23)31(29)24-17-19-27(20-18-24)34-37-32(25-12-5-3-6-13-25)36-33(38-34)26-14-7-4-8-15-26/h2-22,32,34,37H,35H2,1H3,(H,36,38)/b30-2-. The molecular weight excluding hydrogens is 464 g/mol. The second kappa shape index (κ2) is 10.4. The zero-order valence-corrected chi connectivity index (χ0v) is 21.3. The maximum absolute atomic E-state index is 6.44. The minimum absolute atomic E-state index is 0.0623. The van der Waals surface area contributed by atoms with Crippen molar-refractivity contribution < 1.29 is 0 Å². The van der Waals surface area contributed by atoms with Crippen LogP contribution in [0.3, 0.4) is 0 Å². The van der Waals surface area contributed by atoms with Gasteiger partial charge in [-0.05, 0) is 39.9 Å². The molecule has 1 aliphatic heterocycles. The highest BCUT2D eigenvalue weighted by Gasteiger charge is 2.25. The van der Waals surface area contributed by atoms with Gasteiger partial charge in [0.15, 0.2) is 0 Å². The van der Waals surface area contributed by atoms with Crippen LogP contribution in [0.1, 0.15) is 41.5 Å². The summed E-state index contributed by atoms with van der Waals surface area (Å²) in [7, 11) is 0. The summed E-state index contributed by atoms with van der Waals surface area (Å²) >= 11 is 0. The first-order chi connectivity index (χ1) is 18.7. The Morgan fingerprint density at radius 1 is 0.711 bits per heavy atom. The number of allylic oxidation sites excluding steroid dienone is 1. The van der Waals surface area contributed by atoms with Crippen LogP contribution in [0, 0.1) is 0 Å². The molecule has 2 atom stereocenters. The molecule has 4 heteroatoms. The van der Waals surface area contributed by atoms with E-state index in [2.05, 4.69) is 108 Å². The molecule has 186 valence electrons. The Kier molecular flexibility index (Phi) is 6.47. The van der Waals surface area contributed by atoms with Crippen molar-refractivity contribution in [2.24, 2.45) is 10.7 Å². The van der Waals surface area contributed by atoms with Crippen molar-refractivity contribution in [3.8, 4) is 11.1 Å². The van der Waals surface area contributed by atoms with Gasteiger partial charge in [0.25, 0.3) is 0 Å². The Labute approximate surface area is 223 Å². The van der Waals surface area contributed by atoms with Gasteiger partial charge in [-0.1, -0.05) is 127 Å². The molecule has 5 aromatic rings. The molecule has 0 aromatic heterocycles. The summed E-state index contributed by atoms with van der Waals surface area (Å²) in [6, 6.07) is 42.2. The van der Waals surface area contributed by atoms with Crippen LogP contribution in [-0.4, -0.2) is 5.84 Å². The first kappa shape index (κ1) is 23.7. The number of hydrogen-bond donors (Lipinski definition) is 3. The van der Waals surface area contributed by atoms with E-state index in [-0.39, 0.29) is 12.3 Å². The largest absolute Gasteiger partial charge is 0.398 e. The van der Waals surface area contributed by atoms with E-state index in [1.807, 2.05) is 37.3 Å². The summed E-state index contributed by atoms with van der Waals surface area (Å²) < 4.78 is 0. The summed E-state index contributed by atoms with van der Waals surface area (Å²) in [5.74, 6) is 0.879. The molecule has 0 saturated carbocycles. The lowest BCUT2D eigenvalue weighted by Gasteiger charge is -2.32. The fraction of sp³-hybridized carbons (Fsp3) is 0.0882. The van der Waals surface area contributed by atoms with E-state index < -0.39 is 0 Å². The predicted octanol–water partition coefficient (Wildman–Crippen LogP) is 7.16. The van der Waals surface area contributed by atoms with Crippen LogP contribution in [0.5, 0.6) is 0 Å². The number of hydrogen-bond acceptors (Lipinski definition) is 4. The SMILES string of the molecule is C/C=C(\N)c1ccc2ccccc2c1-c1ccc(C2N=C(c3ccccc3)NC(c3ccccc3)N2)cc1. The molecule has 0 amide bonds. The lowest BCUT2D eigenvalue weighted by atomic mass is 9.91. The number of fused-ring (bicyclic) bond motifs is 1. The Morgan fingerprint density at radius 3 is 2.13 bits per heavy atom. The summed E-state index contributed by atoms with van der Waals surface area (Å²) in [4.78, 5) is 5.07. The highest BCUT2D eigenvalue weighted by atomic mass is 15.3. The van der Waals surface area contributed by atoms with E-state index >= 15 is 0 Å². The number of amidine groups is 1. The fourth-order valence-electron chi connectivity index (χ4n) is 5.10. The van der Waals surface area contributed by atoms with E-state index in [4.69, 9.17) is 10.7 Å². The Bertz CT molecular complexity index is 1620. The summed E-state index contributed by atoms with van der Waals surface area (Å²) in [6.07, 6.45) is 1.70. The summed E-state index contributed by atoms with van der Waals surface area (Å²) in [5, 5.41) is 9.66. The van der Waals surface area contributed by atoms with Crippen LogP contribution in [-0.2, 0) is 0 Å². The molecule has 0 aliphatic carbocycles. The van der Waals surface area contributed by atoms with Crippen molar-refractivity contribution in [1.29, 1.82) is 0 Å². The van der Waals surface area contributed by atoms with Gasteiger partial charge < -0.3 is 11.1 Å². The van der Waals surface area contributed by atoms with Gasteiger partial charge in [-0.25, -0.2) is 4.99 Å². The second-order valence-electron chi connectivity index (χ2n) is 9.48. The van der Waals surface area contributed by atoms with Gasteiger partial charge in [-0.3, -0.25) is 5.32 Å². The van der Waals surface area contributed by atoms with Crippen molar-refractivity contribution in [3.05, 3.63) is 150 Å². The molecule has 0 spiro atoms. The zero-order chi connectivity index (χ0) is 25.9. The summed E-state index contributed by atoms with van der Waals surface area (Å²) in [6.45, 7) is 1.98. The molecule has 0 fully saturated rings. The molecule has 6 rings (SSSR count). The molecule has 1 heterocycles. The molecule has 4 N–H and O–H groups in total. The number of rotatable bonds is 5. The monoisotopic (exact) mass is 494 g/mol. The second-order valence-corrected chi connectivity index (χ2v) is 9.48. The van der Waals surface area contributed by atoms with Gasteiger partial charge in [-0.15, -0.1) is 0 Å². The van der Waals surface area contributed by atoms with Gasteiger partial charge in [0.05, 0.1) is 0 Å². The maximum Gasteiger partial charge on any atom is 0.131 e. The normalized spacial score (nSPS) is 17.6. The molecule has 0 bridgehead atoms. The lowest BCUT2D eigenvalue weighted by Crippen LogP contribution is -2.44. The van der Waals surface area contributed by atoms with Gasteiger partial charge in [-0.2, -0.15) is 0 Å². The van der Waals surface area contributed by atoms with E-state index in [1.54, 1.807) is 0 Å². The van der Waals surface area contributed by atoms with E-state index in [1.165, 1.54) is 16.3 Å². The van der Waals surface area contributed by atoms with Crippen LogP contribution in [0.2, 0.25) is 0 Å². The van der Waals surface area contributed by atoms with Gasteiger partial charge in [0, 0.05) is 16.8 Å². The number of nitrogens with zero attached hydrogens (tertiary/aromatic N) is 1. The Hall–Kier alpha value is -4.67.